The van der Waals surface area contributed by atoms with Crippen molar-refractivity contribution in [3.05, 3.63) is 16.7 Å². The number of hydrogen-bond donors (Lipinski definition) is 1. The molecule has 1 aromatic carbocycles. The van der Waals surface area contributed by atoms with E-state index in [4.69, 9.17) is 30.9 Å². The van der Waals surface area contributed by atoms with Crippen LogP contribution < -0.4 is 14.2 Å². The molecule has 0 aromatic heterocycles. The summed E-state index contributed by atoms with van der Waals surface area (Å²) in [5.74, 6) is 0.308. The molecular weight excluding hydrogens is 284 g/mol. The summed E-state index contributed by atoms with van der Waals surface area (Å²) < 4.78 is 15.9. The first-order valence-electron chi connectivity index (χ1n) is 5.99. The van der Waals surface area contributed by atoms with E-state index in [1.165, 1.54) is 21.3 Å². The molecule has 0 radical (unpaired) electrons. The van der Waals surface area contributed by atoms with Crippen molar-refractivity contribution in [3.8, 4) is 17.2 Å². The summed E-state index contributed by atoms with van der Waals surface area (Å²) in [5.41, 5.74) is -0.130. The van der Waals surface area contributed by atoms with Crippen LogP contribution in [0.4, 0.5) is 0 Å². The SMILES string of the molecule is COc1cc(Cl)c(C(C)(C)CC(=O)O)c(OC)c1OC. The van der Waals surface area contributed by atoms with Crippen LogP contribution in [0.15, 0.2) is 6.07 Å². The molecule has 1 N–H and O–H groups in total. The Morgan fingerprint density at radius 2 is 1.75 bits per heavy atom. The van der Waals surface area contributed by atoms with Gasteiger partial charge in [0.05, 0.1) is 32.8 Å². The fourth-order valence-corrected chi connectivity index (χ4v) is 2.66. The van der Waals surface area contributed by atoms with Crippen molar-refractivity contribution in [2.24, 2.45) is 0 Å². The number of carboxylic acids is 1. The summed E-state index contributed by atoms with van der Waals surface area (Å²) in [4.78, 5) is 11.0. The minimum Gasteiger partial charge on any atom is -0.493 e. The van der Waals surface area contributed by atoms with Crippen molar-refractivity contribution in [2.45, 2.75) is 25.7 Å². The minimum absolute atomic E-state index is 0.0848. The maximum Gasteiger partial charge on any atom is 0.304 e. The van der Waals surface area contributed by atoms with Gasteiger partial charge in [0, 0.05) is 17.0 Å². The molecule has 1 rings (SSSR count). The van der Waals surface area contributed by atoms with E-state index >= 15 is 0 Å². The van der Waals surface area contributed by atoms with E-state index in [9.17, 15) is 4.79 Å². The Morgan fingerprint density at radius 3 is 2.15 bits per heavy atom. The molecule has 0 unspecified atom stereocenters. The van der Waals surface area contributed by atoms with Crippen LogP contribution in [-0.2, 0) is 10.2 Å². The molecule has 0 bridgehead atoms. The quantitative estimate of drug-likeness (QED) is 0.874. The first kappa shape index (κ1) is 16.4. The highest BCUT2D eigenvalue weighted by Gasteiger charge is 2.33. The molecule has 5 nitrogen and oxygen atoms in total. The zero-order valence-electron chi connectivity index (χ0n) is 12.2. The first-order valence-corrected chi connectivity index (χ1v) is 6.37. The van der Waals surface area contributed by atoms with Gasteiger partial charge in [0.15, 0.2) is 11.5 Å². The summed E-state index contributed by atoms with van der Waals surface area (Å²) in [6.07, 6.45) is -0.0848. The highest BCUT2D eigenvalue weighted by molar-refractivity contribution is 6.32. The number of aliphatic carboxylic acids is 1. The van der Waals surface area contributed by atoms with E-state index in [2.05, 4.69) is 0 Å². The number of methoxy groups -OCH3 is 3. The predicted molar refractivity (Wildman–Crippen MR) is 76.4 cm³/mol. The van der Waals surface area contributed by atoms with Gasteiger partial charge in [-0.25, -0.2) is 0 Å². The fourth-order valence-electron chi connectivity index (χ4n) is 2.22. The van der Waals surface area contributed by atoms with E-state index in [-0.39, 0.29) is 6.42 Å². The lowest BCUT2D eigenvalue weighted by Crippen LogP contribution is -2.23. The van der Waals surface area contributed by atoms with E-state index in [1.807, 2.05) is 0 Å². The Kier molecular flexibility index (Phi) is 5.11. The van der Waals surface area contributed by atoms with Crippen LogP contribution in [0, 0.1) is 0 Å². The average Bonchev–Trinajstić information content (AvgIpc) is 2.34. The standard InChI is InChI=1S/C14H19ClO5/c1-14(2,7-10(16)17)11-8(15)6-9(18-3)12(19-4)13(11)20-5/h6H,7H2,1-5H3,(H,16,17). The van der Waals surface area contributed by atoms with Gasteiger partial charge in [-0.2, -0.15) is 0 Å². The molecule has 0 aliphatic carbocycles. The second kappa shape index (κ2) is 6.22. The van der Waals surface area contributed by atoms with Gasteiger partial charge in [0.25, 0.3) is 0 Å². The van der Waals surface area contributed by atoms with Gasteiger partial charge in [-0.1, -0.05) is 25.4 Å². The summed E-state index contributed by atoms with van der Waals surface area (Å²) in [7, 11) is 4.46. The number of carboxylic acid groups (broad SMARTS) is 1. The minimum atomic E-state index is -0.914. The van der Waals surface area contributed by atoms with Crippen LogP contribution in [0.2, 0.25) is 5.02 Å². The Labute approximate surface area is 123 Å². The Bertz CT molecular complexity index is 511. The number of halogens is 1. The van der Waals surface area contributed by atoms with Crippen molar-refractivity contribution in [2.75, 3.05) is 21.3 Å². The fraction of sp³-hybridized carbons (Fsp3) is 0.500. The summed E-state index contributed by atoms with van der Waals surface area (Å²) in [6, 6.07) is 1.60. The molecule has 0 aliphatic rings. The second-order valence-corrected chi connectivity index (χ2v) is 5.36. The largest absolute Gasteiger partial charge is 0.493 e. The number of rotatable bonds is 6. The van der Waals surface area contributed by atoms with Crippen LogP contribution in [0.3, 0.4) is 0 Å². The molecular formula is C14H19ClO5. The van der Waals surface area contributed by atoms with E-state index in [0.29, 0.717) is 27.8 Å². The second-order valence-electron chi connectivity index (χ2n) is 4.96. The molecule has 0 fully saturated rings. The molecule has 0 aliphatic heterocycles. The first-order chi connectivity index (χ1) is 9.28. The zero-order chi connectivity index (χ0) is 15.5. The van der Waals surface area contributed by atoms with Crippen molar-refractivity contribution in [1.29, 1.82) is 0 Å². The monoisotopic (exact) mass is 302 g/mol. The number of benzene rings is 1. The molecule has 6 heteroatoms. The van der Waals surface area contributed by atoms with Gasteiger partial charge in [0.1, 0.15) is 0 Å². The maximum absolute atomic E-state index is 11.0. The molecule has 0 saturated heterocycles. The molecule has 0 amide bonds. The molecule has 112 valence electrons. The molecule has 0 atom stereocenters. The molecule has 0 heterocycles. The molecule has 0 spiro atoms. The predicted octanol–water partition coefficient (Wildman–Crippen LogP) is 3.12. The highest BCUT2D eigenvalue weighted by atomic mass is 35.5. The summed E-state index contributed by atoms with van der Waals surface area (Å²) in [5, 5.41) is 9.43. The number of ether oxygens (including phenoxy) is 3. The molecule has 0 saturated carbocycles. The molecule has 1 aromatic rings. The van der Waals surface area contributed by atoms with Crippen LogP contribution in [0.5, 0.6) is 17.2 Å². The zero-order valence-corrected chi connectivity index (χ0v) is 13.0. The summed E-state index contributed by atoms with van der Waals surface area (Å²) in [6.45, 7) is 3.58. The van der Waals surface area contributed by atoms with Crippen LogP contribution in [0.25, 0.3) is 0 Å². The topological polar surface area (TPSA) is 65.0 Å². The third kappa shape index (κ3) is 3.10. The third-order valence-corrected chi connectivity index (χ3v) is 3.35. The Balaban J connectivity index is 3.57. The van der Waals surface area contributed by atoms with Crippen LogP contribution in [0.1, 0.15) is 25.8 Å². The number of hydrogen-bond acceptors (Lipinski definition) is 4. The van der Waals surface area contributed by atoms with Gasteiger partial charge in [-0.15, -0.1) is 0 Å². The van der Waals surface area contributed by atoms with Crippen LogP contribution >= 0.6 is 11.6 Å². The van der Waals surface area contributed by atoms with E-state index in [1.54, 1.807) is 19.9 Å². The summed E-state index contributed by atoms with van der Waals surface area (Å²) >= 11 is 6.28. The van der Waals surface area contributed by atoms with Crippen LogP contribution in [-0.4, -0.2) is 32.4 Å². The average molecular weight is 303 g/mol. The van der Waals surface area contributed by atoms with E-state index < -0.39 is 11.4 Å². The highest BCUT2D eigenvalue weighted by Crippen LogP contribution is 2.49. The van der Waals surface area contributed by atoms with Gasteiger partial charge in [-0.3, -0.25) is 4.79 Å². The molecule has 20 heavy (non-hydrogen) atoms. The number of carbonyl (C=O) groups is 1. The Hall–Kier alpha value is -1.62. The van der Waals surface area contributed by atoms with Crippen molar-refractivity contribution in [3.63, 3.8) is 0 Å². The smallest absolute Gasteiger partial charge is 0.304 e. The van der Waals surface area contributed by atoms with Gasteiger partial charge < -0.3 is 19.3 Å². The maximum atomic E-state index is 11.0. The van der Waals surface area contributed by atoms with Gasteiger partial charge in [-0.05, 0) is 0 Å². The van der Waals surface area contributed by atoms with Crippen molar-refractivity contribution in [1.82, 2.24) is 0 Å². The van der Waals surface area contributed by atoms with Crippen molar-refractivity contribution < 1.29 is 24.1 Å². The normalized spacial score (nSPS) is 11.1. The lowest BCUT2D eigenvalue weighted by molar-refractivity contribution is -0.138. The van der Waals surface area contributed by atoms with Crippen molar-refractivity contribution >= 4 is 17.6 Å². The lowest BCUT2D eigenvalue weighted by atomic mass is 9.80. The third-order valence-electron chi connectivity index (χ3n) is 3.05. The Morgan fingerprint density at radius 1 is 1.20 bits per heavy atom. The lowest BCUT2D eigenvalue weighted by Gasteiger charge is -2.28. The van der Waals surface area contributed by atoms with E-state index in [0.717, 1.165) is 0 Å². The van der Waals surface area contributed by atoms with Gasteiger partial charge in [0.2, 0.25) is 5.75 Å². The van der Waals surface area contributed by atoms with Gasteiger partial charge >= 0.3 is 5.97 Å².